The Hall–Kier alpha value is -2.74. The maximum Gasteiger partial charge on any atom is 0.230 e. The normalized spacial score (nSPS) is 14.3. The van der Waals surface area contributed by atoms with Crippen LogP contribution in [0.5, 0.6) is 0 Å². The van der Waals surface area contributed by atoms with Crippen molar-refractivity contribution in [1.82, 2.24) is 9.79 Å². The average molecular weight is 412 g/mol. The number of fused-ring (bicyclic) bond motifs is 2. The number of carbonyl (C=O) groups excluding carboxylic acids is 1. The molecular weight excluding hydrogens is 386 g/mol. The van der Waals surface area contributed by atoms with E-state index in [1.807, 2.05) is 32.3 Å². The highest BCUT2D eigenvalue weighted by Gasteiger charge is 2.23. The standard InChI is InChI=1S/C21H22N2OS.CH3NO2/c1-22(2)20-11-5-10-19-18(20)9-6-12-21(19)25(24)23-14-13-16-7-3-4-8-17(16)15-23;3-1-2-4/h3-12H,13-15H2,1-2H3;1,4H,(H,2,3). The van der Waals surface area contributed by atoms with Gasteiger partial charge < -0.3 is 4.90 Å². The van der Waals surface area contributed by atoms with Crippen LogP contribution in [0.25, 0.3) is 10.8 Å². The molecule has 0 fully saturated rings. The lowest BCUT2D eigenvalue weighted by atomic mass is 10.0. The maximum atomic E-state index is 13.3. The fraction of sp³-hybridized carbons (Fsp3) is 0.227. The summed E-state index contributed by atoms with van der Waals surface area (Å²) >= 11 is 0. The lowest BCUT2D eigenvalue weighted by Gasteiger charge is -2.28. The van der Waals surface area contributed by atoms with Crippen molar-refractivity contribution in [1.29, 1.82) is 0 Å². The molecule has 29 heavy (non-hydrogen) atoms. The Kier molecular flexibility index (Phi) is 6.98. The number of benzene rings is 3. The summed E-state index contributed by atoms with van der Waals surface area (Å²) in [6.45, 7) is 1.57. The van der Waals surface area contributed by atoms with Crippen LogP contribution in [0.1, 0.15) is 11.1 Å². The summed E-state index contributed by atoms with van der Waals surface area (Å²) in [4.78, 5) is 11.8. The summed E-state index contributed by atoms with van der Waals surface area (Å²) in [5, 5.41) is 9.48. The molecule has 0 aliphatic carbocycles. The lowest BCUT2D eigenvalue weighted by molar-refractivity contribution is -0.116. The molecule has 6 nitrogen and oxygen atoms in total. The van der Waals surface area contributed by atoms with Gasteiger partial charge in [0.05, 0.1) is 4.90 Å². The first-order valence-electron chi connectivity index (χ1n) is 9.32. The van der Waals surface area contributed by atoms with Gasteiger partial charge in [-0.05, 0) is 29.7 Å². The van der Waals surface area contributed by atoms with Crippen molar-refractivity contribution < 1.29 is 14.2 Å². The van der Waals surface area contributed by atoms with Crippen LogP contribution in [0.2, 0.25) is 0 Å². The van der Waals surface area contributed by atoms with Crippen LogP contribution >= 0.6 is 0 Å². The highest BCUT2D eigenvalue weighted by molar-refractivity contribution is 7.82. The van der Waals surface area contributed by atoms with Crippen LogP contribution < -0.4 is 10.4 Å². The Morgan fingerprint density at radius 2 is 1.66 bits per heavy atom. The van der Waals surface area contributed by atoms with Gasteiger partial charge >= 0.3 is 0 Å². The van der Waals surface area contributed by atoms with E-state index in [0.717, 1.165) is 40.9 Å². The van der Waals surface area contributed by atoms with Gasteiger partial charge in [-0.25, -0.2) is 14.0 Å². The SMILES string of the molecule is CN(C)c1cccc2c(S(=O)N3CCc4ccccc4C3)cccc12.O=CNO. The molecule has 0 spiro atoms. The van der Waals surface area contributed by atoms with Crippen LogP contribution in [-0.2, 0) is 28.7 Å². The molecule has 3 aromatic carbocycles. The van der Waals surface area contributed by atoms with Crippen molar-refractivity contribution in [2.45, 2.75) is 17.9 Å². The Labute approximate surface area is 173 Å². The fourth-order valence-electron chi connectivity index (χ4n) is 3.56. The van der Waals surface area contributed by atoms with E-state index in [1.54, 1.807) is 0 Å². The Morgan fingerprint density at radius 3 is 2.34 bits per heavy atom. The van der Waals surface area contributed by atoms with Gasteiger partial charge in [-0.1, -0.05) is 48.5 Å². The molecule has 2 N–H and O–H groups in total. The predicted molar refractivity (Wildman–Crippen MR) is 116 cm³/mol. The molecule has 1 aliphatic rings. The topological polar surface area (TPSA) is 72.9 Å². The summed E-state index contributed by atoms with van der Waals surface area (Å²) in [7, 11) is 2.92. The molecule has 0 bridgehead atoms. The number of carbonyl (C=O) groups is 1. The van der Waals surface area contributed by atoms with Crippen molar-refractivity contribution in [3.05, 3.63) is 71.8 Å². The quantitative estimate of drug-likeness (QED) is 0.393. The van der Waals surface area contributed by atoms with E-state index in [0.29, 0.717) is 0 Å². The molecular formula is C22H25N3O3S. The molecule has 1 atom stereocenters. The fourth-order valence-corrected chi connectivity index (χ4v) is 4.91. The van der Waals surface area contributed by atoms with Crippen LogP contribution in [0.4, 0.5) is 5.69 Å². The van der Waals surface area contributed by atoms with Crippen LogP contribution in [0.15, 0.2) is 65.6 Å². The number of nitrogens with one attached hydrogen (secondary N) is 1. The second-order valence-electron chi connectivity index (χ2n) is 6.90. The van der Waals surface area contributed by atoms with Gasteiger partial charge in [-0.2, -0.15) is 0 Å². The van der Waals surface area contributed by atoms with Crippen LogP contribution in [-0.4, -0.2) is 40.8 Å². The minimum absolute atomic E-state index is 0.181. The summed E-state index contributed by atoms with van der Waals surface area (Å²) in [6, 6.07) is 20.8. The molecule has 4 rings (SSSR count). The highest BCUT2D eigenvalue weighted by Crippen LogP contribution is 2.31. The number of amides is 1. The largest absolute Gasteiger partial charge is 0.377 e. The smallest absolute Gasteiger partial charge is 0.230 e. The van der Waals surface area contributed by atoms with Gasteiger partial charge in [0, 0.05) is 43.6 Å². The van der Waals surface area contributed by atoms with Gasteiger partial charge in [-0.15, -0.1) is 0 Å². The zero-order valence-corrected chi connectivity index (χ0v) is 17.4. The number of hydrogen-bond acceptors (Lipinski definition) is 4. The van der Waals surface area contributed by atoms with E-state index in [1.165, 1.54) is 16.6 Å². The van der Waals surface area contributed by atoms with Gasteiger partial charge in [0.15, 0.2) is 0 Å². The summed E-state index contributed by atoms with van der Waals surface area (Å²) in [6.07, 6.45) is 1.13. The third kappa shape index (κ3) is 4.64. The van der Waals surface area contributed by atoms with Crippen molar-refractivity contribution in [3.8, 4) is 0 Å². The second kappa shape index (κ2) is 9.65. The number of anilines is 1. The number of hydrogen-bond donors (Lipinski definition) is 2. The molecule has 0 saturated heterocycles. The first-order valence-corrected chi connectivity index (χ1v) is 10.4. The highest BCUT2D eigenvalue weighted by atomic mass is 32.2. The molecule has 0 saturated carbocycles. The first kappa shape index (κ1) is 21.0. The van der Waals surface area contributed by atoms with Crippen molar-refractivity contribution in [2.75, 3.05) is 25.5 Å². The van der Waals surface area contributed by atoms with E-state index >= 15 is 0 Å². The minimum atomic E-state index is -1.16. The molecule has 3 aromatic rings. The van der Waals surface area contributed by atoms with Crippen LogP contribution in [0, 0.1) is 0 Å². The third-order valence-corrected chi connectivity index (χ3v) is 6.42. The number of rotatable bonds is 4. The van der Waals surface area contributed by atoms with E-state index in [2.05, 4.69) is 51.7 Å². The molecule has 7 heteroatoms. The van der Waals surface area contributed by atoms with Crippen molar-refractivity contribution in [2.24, 2.45) is 0 Å². The van der Waals surface area contributed by atoms with Crippen molar-refractivity contribution in [3.63, 3.8) is 0 Å². The lowest BCUT2D eigenvalue weighted by Crippen LogP contribution is -2.32. The second-order valence-corrected chi connectivity index (χ2v) is 8.36. The predicted octanol–water partition coefficient (Wildman–Crippen LogP) is 3.11. The first-order chi connectivity index (χ1) is 14.1. The molecule has 1 aliphatic heterocycles. The zero-order chi connectivity index (χ0) is 20.8. The Bertz CT molecular complexity index is 1020. The average Bonchev–Trinajstić information content (AvgIpc) is 2.77. The minimum Gasteiger partial charge on any atom is -0.377 e. The zero-order valence-electron chi connectivity index (χ0n) is 16.5. The Balaban J connectivity index is 0.000000552. The summed E-state index contributed by atoms with van der Waals surface area (Å²) in [5.74, 6) is 0. The van der Waals surface area contributed by atoms with E-state index in [-0.39, 0.29) is 6.41 Å². The summed E-state index contributed by atoms with van der Waals surface area (Å²) < 4.78 is 15.4. The number of nitrogens with zero attached hydrogens (tertiary/aromatic N) is 2. The van der Waals surface area contributed by atoms with Crippen molar-refractivity contribution >= 4 is 33.9 Å². The summed E-state index contributed by atoms with van der Waals surface area (Å²) in [5.41, 5.74) is 5.07. The maximum absolute atomic E-state index is 13.3. The van der Waals surface area contributed by atoms with Crippen LogP contribution in [0.3, 0.4) is 0 Å². The van der Waals surface area contributed by atoms with E-state index in [4.69, 9.17) is 10.0 Å². The van der Waals surface area contributed by atoms with Gasteiger partial charge in [0.2, 0.25) is 6.41 Å². The monoisotopic (exact) mass is 411 g/mol. The number of hydroxylamine groups is 1. The van der Waals surface area contributed by atoms with E-state index in [9.17, 15) is 4.21 Å². The third-order valence-electron chi connectivity index (χ3n) is 4.91. The molecule has 1 amide bonds. The molecule has 1 unspecified atom stereocenters. The Morgan fingerprint density at radius 1 is 1.00 bits per heavy atom. The van der Waals surface area contributed by atoms with Gasteiger partial charge in [0.1, 0.15) is 11.0 Å². The molecule has 0 aromatic heterocycles. The molecule has 1 heterocycles. The van der Waals surface area contributed by atoms with Gasteiger partial charge in [0.25, 0.3) is 0 Å². The molecule has 152 valence electrons. The molecule has 0 radical (unpaired) electrons. The van der Waals surface area contributed by atoms with Gasteiger partial charge in [-0.3, -0.25) is 10.0 Å². The van der Waals surface area contributed by atoms with E-state index < -0.39 is 11.0 Å².